The largest absolute Gasteiger partial charge is 0.258 e. The SMILES string of the molecule is Cc1cc(Cl)cc(CC2CCCC2)n1. The molecule has 1 aromatic rings. The molecule has 0 atom stereocenters. The summed E-state index contributed by atoms with van der Waals surface area (Å²) in [7, 11) is 0. The molecule has 0 radical (unpaired) electrons. The van der Waals surface area contributed by atoms with E-state index >= 15 is 0 Å². The molecular formula is C12H16ClN. The lowest BCUT2D eigenvalue weighted by Gasteiger charge is -2.08. The van der Waals surface area contributed by atoms with E-state index in [1.165, 1.54) is 31.4 Å². The molecule has 2 rings (SSSR count). The Kier molecular flexibility index (Phi) is 3.07. The van der Waals surface area contributed by atoms with E-state index in [2.05, 4.69) is 4.98 Å². The van der Waals surface area contributed by atoms with Crippen molar-refractivity contribution in [3.63, 3.8) is 0 Å². The molecule has 1 fully saturated rings. The predicted octanol–water partition coefficient (Wildman–Crippen LogP) is 3.78. The molecule has 1 aliphatic rings. The number of nitrogens with zero attached hydrogens (tertiary/aromatic N) is 1. The van der Waals surface area contributed by atoms with Gasteiger partial charge in [0.15, 0.2) is 0 Å². The van der Waals surface area contributed by atoms with Gasteiger partial charge in [-0.05, 0) is 31.4 Å². The normalized spacial score (nSPS) is 17.6. The van der Waals surface area contributed by atoms with Gasteiger partial charge in [0, 0.05) is 16.4 Å². The van der Waals surface area contributed by atoms with E-state index in [0.717, 1.165) is 23.1 Å². The van der Waals surface area contributed by atoms with Crippen molar-refractivity contribution in [2.45, 2.75) is 39.0 Å². The van der Waals surface area contributed by atoms with Crippen molar-refractivity contribution >= 4 is 11.6 Å². The lowest BCUT2D eigenvalue weighted by molar-refractivity contribution is 0.538. The Morgan fingerprint density at radius 2 is 2.07 bits per heavy atom. The molecule has 76 valence electrons. The van der Waals surface area contributed by atoms with Gasteiger partial charge in [-0.25, -0.2) is 0 Å². The van der Waals surface area contributed by atoms with Gasteiger partial charge in [0.05, 0.1) is 0 Å². The van der Waals surface area contributed by atoms with Crippen LogP contribution in [-0.2, 0) is 6.42 Å². The van der Waals surface area contributed by atoms with Gasteiger partial charge in [-0.2, -0.15) is 0 Å². The number of aromatic nitrogens is 1. The Morgan fingerprint density at radius 1 is 1.36 bits per heavy atom. The van der Waals surface area contributed by atoms with Crippen LogP contribution in [-0.4, -0.2) is 4.98 Å². The molecule has 2 heteroatoms. The molecule has 1 aliphatic carbocycles. The van der Waals surface area contributed by atoms with E-state index in [4.69, 9.17) is 11.6 Å². The summed E-state index contributed by atoms with van der Waals surface area (Å²) in [5.74, 6) is 0.848. The van der Waals surface area contributed by atoms with Gasteiger partial charge in [0.25, 0.3) is 0 Å². The highest BCUT2D eigenvalue weighted by atomic mass is 35.5. The van der Waals surface area contributed by atoms with Gasteiger partial charge < -0.3 is 0 Å². The van der Waals surface area contributed by atoms with Crippen LogP contribution in [0.25, 0.3) is 0 Å². The van der Waals surface area contributed by atoms with E-state index in [1.807, 2.05) is 19.1 Å². The predicted molar refractivity (Wildman–Crippen MR) is 59.6 cm³/mol. The lowest BCUT2D eigenvalue weighted by Crippen LogP contribution is -2.01. The fourth-order valence-electron chi connectivity index (χ4n) is 2.31. The standard InChI is InChI=1S/C12H16ClN/c1-9-6-11(13)8-12(14-9)7-10-4-2-3-5-10/h6,8,10H,2-5,7H2,1H3. The highest BCUT2D eigenvalue weighted by Crippen LogP contribution is 2.28. The minimum absolute atomic E-state index is 0.825. The second-order valence-electron chi connectivity index (χ2n) is 4.27. The van der Waals surface area contributed by atoms with Crippen molar-refractivity contribution in [1.82, 2.24) is 4.98 Å². The third kappa shape index (κ3) is 2.48. The Labute approximate surface area is 90.5 Å². The number of hydrogen-bond donors (Lipinski definition) is 0. The number of pyridine rings is 1. The Hall–Kier alpha value is -0.560. The van der Waals surface area contributed by atoms with Crippen molar-refractivity contribution in [2.75, 3.05) is 0 Å². The molecule has 0 N–H and O–H groups in total. The summed E-state index contributed by atoms with van der Waals surface area (Å²) in [5, 5.41) is 0.825. The first-order valence-corrected chi connectivity index (χ1v) is 5.75. The topological polar surface area (TPSA) is 12.9 Å². The van der Waals surface area contributed by atoms with Gasteiger partial charge in [0.1, 0.15) is 0 Å². The quantitative estimate of drug-likeness (QED) is 0.723. The maximum Gasteiger partial charge on any atom is 0.0442 e. The summed E-state index contributed by atoms with van der Waals surface area (Å²) in [4.78, 5) is 4.51. The monoisotopic (exact) mass is 209 g/mol. The maximum atomic E-state index is 6.00. The molecule has 0 bridgehead atoms. The Morgan fingerprint density at radius 3 is 2.71 bits per heavy atom. The highest BCUT2D eigenvalue weighted by Gasteiger charge is 2.16. The molecule has 1 nitrogen and oxygen atoms in total. The second kappa shape index (κ2) is 4.31. The summed E-state index contributed by atoms with van der Waals surface area (Å²) in [6.45, 7) is 2.00. The Bertz CT molecular complexity index is 296. The molecular weight excluding hydrogens is 194 g/mol. The smallest absolute Gasteiger partial charge is 0.0442 e. The van der Waals surface area contributed by atoms with Crippen LogP contribution >= 0.6 is 11.6 Å². The minimum atomic E-state index is 0.825. The molecule has 1 heterocycles. The molecule has 0 spiro atoms. The zero-order chi connectivity index (χ0) is 9.97. The number of halogens is 1. The molecule has 0 saturated heterocycles. The maximum absolute atomic E-state index is 6.00. The zero-order valence-electron chi connectivity index (χ0n) is 8.59. The van der Waals surface area contributed by atoms with E-state index in [1.54, 1.807) is 0 Å². The van der Waals surface area contributed by atoms with Crippen LogP contribution in [0.1, 0.15) is 37.1 Å². The first-order valence-electron chi connectivity index (χ1n) is 5.37. The first-order chi connectivity index (χ1) is 6.74. The third-order valence-corrected chi connectivity index (χ3v) is 3.16. The number of hydrogen-bond acceptors (Lipinski definition) is 1. The van der Waals surface area contributed by atoms with Crippen LogP contribution in [0.4, 0.5) is 0 Å². The average Bonchev–Trinajstić information content (AvgIpc) is 2.54. The van der Waals surface area contributed by atoms with Crippen LogP contribution < -0.4 is 0 Å². The minimum Gasteiger partial charge on any atom is -0.258 e. The zero-order valence-corrected chi connectivity index (χ0v) is 9.35. The summed E-state index contributed by atoms with van der Waals surface area (Å²) >= 11 is 6.00. The van der Waals surface area contributed by atoms with E-state index in [0.29, 0.717) is 0 Å². The van der Waals surface area contributed by atoms with Crippen molar-refractivity contribution in [3.05, 3.63) is 28.5 Å². The summed E-state index contributed by atoms with van der Waals surface area (Å²) in [5.41, 5.74) is 2.20. The summed E-state index contributed by atoms with van der Waals surface area (Å²) < 4.78 is 0. The van der Waals surface area contributed by atoms with Gasteiger partial charge in [-0.3, -0.25) is 4.98 Å². The molecule has 0 amide bonds. The van der Waals surface area contributed by atoms with Crippen LogP contribution in [0, 0.1) is 12.8 Å². The first kappa shape index (κ1) is 9.97. The molecule has 14 heavy (non-hydrogen) atoms. The Balaban J connectivity index is 2.07. The van der Waals surface area contributed by atoms with Crippen LogP contribution in [0.5, 0.6) is 0 Å². The van der Waals surface area contributed by atoms with Crippen molar-refractivity contribution in [3.8, 4) is 0 Å². The van der Waals surface area contributed by atoms with Gasteiger partial charge >= 0.3 is 0 Å². The van der Waals surface area contributed by atoms with Crippen molar-refractivity contribution in [2.24, 2.45) is 5.92 Å². The lowest BCUT2D eigenvalue weighted by atomic mass is 10.0. The third-order valence-electron chi connectivity index (χ3n) is 2.94. The fourth-order valence-corrected chi connectivity index (χ4v) is 2.59. The van der Waals surface area contributed by atoms with Gasteiger partial charge in [-0.1, -0.05) is 37.3 Å². The van der Waals surface area contributed by atoms with Crippen molar-refractivity contribution in [1.29, 1.82) is 0 Å². The molecule has 1 aromatic heterocycles. The second-order valence-corrected chi connectivity index (χ2v) is 4.71. The fraction of sp³-hybridized carbons (Fsp3) is 0.583. The molecule has 0 aromatic carbocycles. The van der Waals surface area contributed by atoms with E-state index in [-0.39, 0.29) is 0 Å². The van der Waals surface area contributed by atoms with E-state index in [9.17, 15) is 0 Å². The number of aryl methyl sites for hydroxylation is 1. The van der Waals surface area contributed by atoms with Crippen LogP contribution in [0.3, 0.4) is 0 Å². The summed E-state index contributed by atoms with van der Waals surface area (Å²) in [6.07, 6.45) is 6.64. The molecule has 1 saturated carbocycles. The average molecular weight is 210 g/mol. The molecule has 0 unspecified atom stereocenters. The van der Waals surface area contributed by atoms with Crippen LogP contribution in [0.15, 0.2) is 12.1 Å². The van der Waals surface area contributed by atoms with Crippen LogP contribution in [0.2, 0.25) is 5.02 Å². The highest BCUT2D eigenvalue weighted by molar-refractivity contribution is 6.30. The molecule has 0 aliphatic heterocycles. The number of rotatable bonds is 2. The van der Waals surface area contributed by atoms with Crippen molar-refractivity contribution < 1.29 is 0 Å². The van der Waals surface area contributed by atoms with E-state index < -0.39 is 0 Å². The van der Waals surface area contributed by atoms with Gasteiger partial charge in [0.2, 0.25) is 0 Å². The summed E-state index contributed by atoms with van der Waals surface area (Å²) in [6, 6.07) is 3.92. The van der Waals surface area contributed by atoms with Gasteiger partial charge in [-0.15, -0.1) is 0 Å².